The third-order valence-electron chi connectivity index (χ3n) is 5.71. The van der Waals surface area contributed by atoms with Crippen molar-refractivity contribution in [1.82, 2.24) is 19.2 Å². The van der Waals surface area contributed by atoms with Gasteiger partial charge in [0.25, 0.3) is 0 Å². The van der Waals surface area contributed by atoms with Gasteiger partial charge in [0.05, 0.1) is 50.2 Å². The van der Waals surface area contributed by atoms with E-state index in [0.717, 1.165) is 0 Å². The van der Waals surface area contributed by atoms with E-state index < -0.39 is 20.4 Å². The second kappa shape index (κ2) is 8.97. The minimum Gasteiger partial charge on any atom is -0.495 e. The van der Waals surface area contributed by atoms with Gasteiger partial charge in [-0.2, -0.15) is 5.10 Å². The first-order valence-electron chi connectivity index (χ1n) is 10.8. The van der Waals surface area contributed by atoms with Gasteiger partial charge in [0.1, 0.15) is 16.3 Å². The zero-order valence-electron chi connectivity index (χ0n) is 20.1. The van der Waals surface area contributed by atoms with Gasteiger partial charge in [-0.05, 0) is 32.9 Å². The average molecular weight is 503 g/mol. The summed E-state index contributed by atoms with van der Waals surface area (Å²) in [5, 5.41) is 13.4. The summed E-state index contributed by atoms with van der Waals surface area (Å²) in [4.78, 5) is 4.40. The maximum absolute atomic E-state index is 15.1. The Balaban J connectivity index is 1.94. The van der Waals surface area contributed by atoms with Gasteiger partial charge < -0.3 is 14.6 Å². The molecule has 35 heavy (non-hydrogen) atoms. The van der Waals surface area contributed by atoms with E-state index in [1.807, 2.05) is 0 Å². The Morgan fingerprint density at radius 3 is 2.43 bits per heavy atom. The topological polar surface area (TPSA) is 108 Å². The third kappa shape index (κ3) is 4.25. The molecule has 0 saturated heterocycles. The van der Waals surface area contributed by atoms with E-state index in [2.05, 4.69) is 10.1 Å². The molecular formula is C24H27FN4O5S. The minimum absolute atomic E-state index is 0.0127. The monoisotopic (exact) mass is 502 g/mol. The Morgan fingerprint density at radius 2 is 1.80 bits per heavy atom. The van der Waals surface area contributed by atoms with E-state index in [0.29, 0.717) is 34.6 Å². The largest absolute Gasteiger partial charge is 0.495 e. The van der Waals surface area contributed by atoms with E-state index in [9.17, 15) is 13.5 Å². The molecule has 0 atom stereocenters. The normalized spacial score (nSPS) is 12.3. The summed E-state index contributed by atoms with van der Waals surface area (Å²) in [5.41, 5.74) is 2.45. The molecule has 0 spiro atoms. The van der Waals surface area contributed by atoms with Crippen LogP contribution in [-0.2, 0) is 16.4 Å². The van der Waals surface area contributed by atoms with Crippen LogP contribution in [0.5, 0.6) is 11.5 Å². The number of methoxy groups -OCH3 is 2. The highest BCUT2D eigenvalue weighted by atomic mass is 32.2. The molecule has 0 aliphatic carbocycles. The maximum Gasteiger partial charge on any atom is 0.188 e. The smallest absolute Gasteiger partial charge is 0.188 e. The van der Waals surface area contributed by atoms with Gasteiger partial charge in [-0.15, -0.1) is 0 Å². The van der Waals surface area contributed by atoms with E-state index in [4.69, 9.17) is 9.47 Å². The van der Waals surface area contributed by atoms with Crippen molar-refractivity contribution in [2.75, 3.05) is 20.8 Å². The molecule has 0 unspecified atom stereocenters. The Bertz CT molecular complexity index is 1500. The highest BCUT2D eigenvalue weighted by Crippen LogP contribution is 2.38. The highest BCUT2D eigenvalue weighted by molar-refractivity contribution is 7.92. The minimum atomic E-state index is -3.76. The zero-order valence-corrected chi connectivity index (χ0v) is 20.9. The number of pyridine rings is 1. The van der Waals surface area contributed by atoms with Gasteiger partial charge in [-0.25, -0.2) is 17.8 Å². The van der Waals surface area contributed by atoms with Gasteiger partial charge in [0, 0.05) is 35.2 Å². The van der Waals surface area contributed by atoms with Crippen molar-refractivity contribution < 1.29 is 27.4 Å². The molecule has 186 valence electrons. The molecule has 0 radical (unpaired) electrons. The summed E-state index contributed by atoms with van der Waals surface area (Å²) in [7, 11) is -0.978. The number of aliphatic hydroxyl groups excluding tert-OH is 1. The second-order valence-electron chi connectivity index (χ2n) is 8.95. The molecule has 0 fully saturated rings. The van der Waals surface area contributed by atoms with Crippen molar-refractivity contribution in [1.29, 1.82) is 0 Å². The molecule has 0 aliphatic heterocycles. The number of aromatic nitrogens is 4. The molecule has 1 N–H and O–H groups in total. The fourth-order valence-electron chi connectivity index (χ4n) is 3.78. The van der Waals surface area contributed by atoms with Crippen LogP contribution in [0.1, 0.15) is 20.8 Å². The van der Waals surface area contributed by atoms with Crippen LogP contribution in [0.25, 0.3) is 28.0 Å². The summed E-state index contributed by atoms with van der Waals surface area (Å²) in [5.74, 6) is -0.368. The fourth-order valence-corrected chi connectivity index (χ4v) is 5.09. The number of sulfone groups is 1. The molecule has 1 aromatic carbocycles. The SMILES string of the molecule is COc1cc2ncc(-c3cc(F)c(OC)c(-c4cnn(CCO)c4)c3)n2cc1S(=O)(=O)C(C)(C)C. The van der Waals surface area contributed by atoms with E-state index in [-0.39, 0.29) is 23.0 Å². The van der Waals surface area contributed by atoms with Crippen molar-refractivity contribution in [3.05, 3.63) is 48.8 Å². The number of rotatable bonds is 7. The van der Waals surface area contributed by atoms with Crippen LogP contribution in [0.2, 0.25) is 0 Å². The Kier molecular flexibility index (Phi) is 6.32. The van der Waals surface area contributed by atoms with Crippen LogP contribution < -0.4 is 9.47 Å². The molecule has 4 rings (SSSR count). The van der Waals surface area contributed by atoms with Crippen LogP contribution in [0.4, 0.5) is 4.39 Å². The van der Waals surface area contributed by atoms with Crippen molar-refractivity contribution in [2.45, 2.75) is 37.0 Å². The number of hydrogen-bond acceptors (Lipinski definition) is 7. The summed E-state index contributed by atoms with van der Waals surface area (Å²) in [6.45, 7) is 5.05. The van der Waals surface area contributed by atoms with E-state index >= 15 is 4.39 Å². The first-order chi connectivity index (χ1) is 16.5. The molecule has 4 aromatic rings. The van der Waals surface area contributed by atoms with Crippen LogP contribution in [0.15, 0.2) is 47.9 Å². The van der Waals surface area contributed by atoms with Gasteiger partial charge in [0.15, 0.2) is 21.4 Å². The quantitative estimate of drug-likeness (QED) is 0.411. The van der Waals surface area contributed by atoms with Gasteiger partial charge in [-0.3, -0.25) is 9.08 Å². The lowest BCUT2D eigenvalue weighted by molar-refractivity contribution is 0.269. The van der Waals surface area contributed by atoms with Crippen LogP contribution in [-0.4, -0.2) is 58.3 Å². The van der Waals surface area contributed by atoms with Crippen molar-refractivity contribution in [3.8, 4) is 33.9 Å². The number of imidazole rings is 1. The lowest BCUT2D eigenvalue weighted by atomic mass is 10.0. The lowest BCUT2D eigenvalue weighted by Gasteiger charge is -2.21. The van der Waals surface area contributed by atoms with Crippen molar-refractivity contribution in [3.63, 3.8) is 0 Å². The first-order valence-corrected chi connectivity index (χ1v) is 12.3. The second-order valence-corrected chi connectivity index (χ2v) is 11.6. The Hall–Kier alpha value is -3.44. The summed E-state index contributed by atoms with van der Waals surface area (Å²) in [6, 6.07) is 4.59. The number of fused-ring (bicyclic) bond motifs is 1. The van der Waals surface area contributed by atoms with Crippen molar-refractivity contribution in [2.24, 2.45) is 0 Å². The highest BCUT2D eigenvalue weighted by Gasteiger charge is 2.34. The number of hydrogen-bond donors (Lipinski definition) is 1. The van der Waals surface area contributed by atoms with Gasteiger partial charge in [0.2, 0.25) is 0 Å². The van der Waals surface area contributed by atoms with E-state index in [1.54, 1.807) is 60.6 Å². The molecule has 11 heteroatoms. The predicted molar refractivity (Wildman–Crippen MR) is 129 cm³/mol. The number of ether oxygens (including phenoxy) is 2. The van der Waals surface area contributed by atoms with Gasteiger partial charge in [-0.1, -0.05) is 0 Å². The fraction of sp³-hybridized carbons (Fsp3) is 0.333. The molecule has 0 bridgehead atoms. The number of aliphatic hydroxyl groups is 1. The van der Waals surface area contributed by atoms with Gasteiger partial charge >= 0.3 is 0 Å². The predicted octanol–water partition coefficient (Wildman–Crippen LogP) is 3.59. The Morgan fingerprint density at radius 1 is 1.06 bits per heavy atom. The zero-order chi connectivity index (χ0) is 25.5. The Labute approximate surface area is 202 Å². The van der Waals surface area contributed by atoms with Crippen LogP contribution in [0.3, 0.4) is 0 Å². The molecule has 0 amide bonds. The summed E-state index contributed by atoms with van der Waals surface area (Å²) >= 11 is 0. The van der Waals surface area contributed by atoms with Crippen LogP contribution in [0, 0.1) is 5.82 Å². The summed E-state index contributed by atoms with van der Waals surface area (Å²) < 4.78 is 54.4. The first kappa shape index (κ1) is 24.7. The molecule has 0 saturated carbocycles. The number of nitrogens with zero attached hydrogens (tertiary/aromatic N) is 4. The number of halogens is 1. The molecule has 3 heterocycles. The third-order valence-corrected chi connectivity index (χ3v) is 8.21. The summed E-state index contributed by atoms with van der Waals surface area (Å²) in [6.07, 6.45) is 6.25. The molecular weight excluding hydrogens is 475 g/mol. The van der Waals surface area contributed by atoms with Crippen molar-refractivity contribution >= 4 is 15.5 Å². The average Bonchev–Trinajstić information content (AvgIpc) is 3.44. The van der Waals surface area contributed by atoms with E-state index in [1.165, 1.54) is 26.5 Å². The lowest BCUT2D eigenvalue weighted by Crippen LogP contribution is -2.28. The molecule has 0 aliphatic rings. The standard InChI is InChI=1S/C24H27FN4O5S/c1-24(2,3)35(31,32)21-14-29-19(12-26-22(29)10-20(21)33-4)15-8-17(23(34-5)18(25)9-15)16-11-27-28(13-16)6-7-30/h8-14,30H,6-7H2,1-5H3. The molecule has 3 aromatic heterocycles. The molecule has 9 nitrogen and oxygen atoms in total. The van der Waals surface area contributed by atoms with Crippen LogP contribution >= 0.6 is 0 Å². The maximum atomic E-state index is 15.1. The number of benzene rings is 1.